The van der Waals surface area contributed by atoms with Gasteiger partial charge in [0.25, 0.3) is 0 Å². The molecule has 0 amide bonds. The maximum Gasteiger partial charge on any atom is 0.429 e. The first kappa shape index (κ1) is 12.0. The van der Waals surface area contributed by atoms with Crippen LogP contribution in [0.4, 0.5) is 17.6 Å². The van der Waals surface area contributed by atoms with Crippen LogP contribution in [0.1, 0.15) is 4.88 Å². The Labute approximate surface area is 107 Å². The first-order valence-electron chi connectivity index (χ1n) is 4.99. The van der Waals surface area contributed by atoms with Crippen LogP contribution in [0.5, 0.6) is 0 Å². The minimum absolute atomic E-state index is 0.128. The Bertz CT molecular complexity index is 745. The maximum absolute atomic E-state index is 13.1. The van der Waals surface area contributed by atoms with Crippen molar-refractivity contribution in [2.75, 3.05) is 0 Å². The molecule has 0 atom stereocenters. The summed E-state index contributed by atoms with van der Waals surface area (Å²) in [5.41, 5.74) is 0.0942. The summed E-state index contributed by atoms with van der Waals surface area (Å²) < 4.78 is 54.8. The predicted molar refractivity (Wildman–Crippen MR) is 60.0 cm³/mol. The molecule has 0 radical (unpaired) electrons. The number of hydrogen-bond donors (Lipinski definition) is 1. The maximum atomic E-state index is 13.1. The van der Waals surface area contributed by atoms with Gasteiger partial charge in [0.2, 0.25) is 0 Å². The minimum Gasteiger partial charge on any atom is -0.345 e. The number of hydrogen-bond acceptors (Lipinski definition) is 4. The van der Waals surface area contributed by atoms with Gasteiger partial charge in [0.05, 0.1) is 6.20 Å². The number of aromatic amines is 1. The number of fused-ring (bicyclic) bond motifs is 1. The minimum atomic E-state index is -4.55. The molecule has 98 valence electrons. The molecule has 0 saturated carbocycles. The van der Waals surface area contributed by atoms with Crippen LogP contribution in [0.2, 0.25) is 0 Å². The molecule has 0 aromatic carbocycles. The molecule has 0 bridgehead atoms. The van der Waals surface area contributed by atoms with Crippen molar-refractivity contribution >= 4 is 22.6 Å². The Kier molecular flexibility index (Phi) is 2.52. The molecule has 0 spiro atoms. The van der Waals surface area contributed by atoms with E-state index in [0.29, 0.717) is 0 Å². The van der Waals surface area contributed by atoms with Crippen molar-refractivity contribution in [2.45, 2.75) is 6.18 Å². The van der Waals surface area contributed by atoms with Gasteiger partial charge in [0.15, 0.2) is 4.88 Å². The molecular formula is C10H4F4N4S. The molecule has 0 unspecified atom stereocenters. The van der Waals surface area contributed by atoms with Gasteiger partial charge in [-0.05, 0) is 17.6 Å². The van der Waals surface area contributed by atoms with Crippen LogP contribution in [0.3, 0.4) is 0 Å². The second-order valence-electron chi connectivity index (χ2n) is 3.70. The highest BCUT2D eigenvalue weighted by Gasteiger charge is 2.38. The highest BCUT2D eigenvalue weighted by molar-refractivity contribution is 7.06. The van der Waals surface area contributed by atoms with Crippen LogP contribution < -0.4 is 0 Å². The van der Waals surface area contributed by atoms with Crippen molar-refractivity contribution in [1.29, 1.82) is 0 Å². The fourth-order valence-corrected chi connectivity index (χ4v) is 2.27. The molecule has 3 rings (SSSR count). The van der Waals surface area contributed by atoms with Crippen LogP contribution in [-0.4, -0.2) is 19.6 Å². The molecule has 4 nitrogen and oxygen atoms in total. The van der Waals surface area contributed by atoms with Crippen molar-refractivity contribution in [3.05, 3.63) is 29.2 Å². The van der Waals surface area contributed by atoms with Crippen LogP contribution in [0.15, 0.2) is 18.5 Å². The number of aromatic nitrogens is 4. The highest BCUT2D eigenvalue weighted by Crippen LogP contribution is 2.40. The molecule has 0 aliphatic carbocycles. The van der Waals surface area contributed by atoms with Gasteiger partial charge < -0.3 is 4.98 Å². The van der Waals surface area contributed by atoms with E-state index in [-0.39, 0.29) is 33.8 Å². The average Bonchev–Trinajstić information content (AvgIpc) is 2.91. The number of nitrogens with zero attached hydrogens (tertiary/aromatic N) is 3. The summed E-state index contributed by atoms with van der Waals surface area (Å²) in [6, 6.07) is 1.10. The molecule has 0 aliphatic heterocycles. The second-order valence-corrected chi connectivity index (χ2v) is 4.45. The number of alkyl halides is 3. The standard InChI is InChI=1S/C10H4F4N4S/c11-4-1-5-6(3-16-9(5)15-2-4)7-8(10(12,13)14)19-18-17-7/h1-3H,(H,15,16). The second kappa shape index (κ2) is 3.98. The number of nitrogens with one attached hydrogen (secondary N) is 1. The summed E-state index contributed by atoms with van der Waals surface area (Å²) in [5, 5.41) is 3.72. The average molecular weight is 288 g/mol. The first-order chi connectivity index (χ1) is 8.97. The Morgan fingerprint density at radius 1 is 1.26 bits per heavy atom. The van der Waals surface area contributed by atoms with E-state index in [2.05, 4.69) is 19.6 Å². The van der Waals surface area contributed by atoms with Crippen LogP contribution in [-0.2, 0) is 6.18 Å². The molecule has 0 fully saturated rings. The number of rotatable bonds is 1. The third kappa shape index (κ3) is 1.95. The summed E-state index contributed by atoms with van der Waals surface area (Å²) in [6.07, 6.45) is -2.26. The van der Waals surface area contributed by atoms with E-state index in [1.165, 1.54) is 6.20 Å². The van der Waals surface area contributed by atoms with E-state index in [1.807, 2.05) is 0 Å². The zero-order valence-corrected chi connectivity index (χ0v) is 9.81. The van der Waals surface area contributed by atoms with Crippen LogP contribution in [0.25, 0.3) is 22.3 Å². The third-order valence-electron chi connectivity index (χ3n) is 2.50. The molecule has 1 N–H and O–H groups in total. The first-order valence-corrected chi connectivity index (χ1v) is 5.76. The number of H-pyrrole nitrogens is 1. The van der Waals surface area contributed by atoms with Crippen molar-refractivity contribution < 1.29 is 17.6 Å². The molecule has 3 heterocycles. The van der Waals surface area contributed by atoms with E-state index in [1.54, 1.807) is 0 Å². The normalized spacial score (nSPS) is 12.2. The van der Waals surface area contributed by atoms with E-state index < -0.39 is 16.9 Å². The van der Waals surface area contributed by atoms with Crippen LogP contribution in [0, 0.1) is 5.82 Å². The van der Waals surface area contributed by atoms with Crippen molar-refractivity contribution in [3.8, 4) is 11.3 Å². The molecule has 3 aromatic heterocycles. The number of pyridine rings is 1. The van der Waals surface area contributed by atoms with Gasteiger partial charge in [-0.15, -0.1) is 5.10 Å². The van der Waals surface area contributed by atoms with E-state index in [9.17, 15) is 17.6 Å². The van der Waals surface area contributed by atoms with Crippen molar-refractivity contribution in [2.24, 2.45) is 0 Å². The smallest absolute Gasteiger partial charge is 0.345 e. The van der Waals surface area contributed by atoms with Gasteiger partial charge in [-0.25, -0.2) is 9.37 Å². The summed E-state index contributed by atoms with van der Waals surface area (Å²) in [6.45, 7) is 0. The largest absolute Gasteiger partial charge is 0.429 e. The fraction of sp³-hybridized carbons (Fsp3) is 0.100. The molecule has 9 heteroatoms. The quantitative estimate of drug-likeness (QED) is 0.699. The van der Waals surface area contributed by atoms with Gasteiger partial charge >= 0.3 is 6.18 Å². The lowest BCUT2D eigenvalue weighted by molar-refractivity contribution is -0.134. The SMILES string of the molecule is Fc1cnc2[nH]cc(-c3nnsc3C(F)(F)F)c2c1. The monoisotopic (exact) mass is 288 g/mol. The Hall–Kier alpha value is -2.03. The fourth-order valence-electron chi connectivity index (χ4n) is 1.73. The van der Waals surface area contributed by atoms with E-state index in [0.717, 1.165) is 12.3 Å². The Balaban J connectivity index is 2.26. The van der Waals surface area contributed by atoms with Gasteiger partial charge in [-0.1, -0.05) is 4.49 Å². The van der Waals surface area contributed by atoms with Gasteiger partial charge in [-0.3, -0.25) is 0 Å². The Morgan fingerprint density at radius 2 is 2.05 bits per heavy atom. The molecule has 19 heavy (non-hydrogen) atoms. The molecular weight excluding hydrogens is 284 g/mol. The van der Waals surface area contributed by atoms with Crippen LogP contribution >= 0.6 is 11.5 Å². The van der Waals surface area contributed by atoms with Gasteiger partial charge in [0, 0.05) is 17.1 Å². The Morgan fingerprint density at radius 3 is 2.79 bits per heavy atom. The van der Waals surface area contributed by atoms with Crippen molar-refractivity contribution in [3.63, 3.8) is 0 Å². The zero-order chi connectivity index (χ0) is 13.6. The molecule has 0 saturated heterocycles. The van der Waals surface area contributed by atoms with Crippen molar-refractivity contribution in [1.82, 2.24) is 19.6 Å². The van der Waals surface area contributed by atoms with E-state index >= 15 is 0 Å². The lowest BCUT2D eigenvalue weighted by Gasteiger charge is -2.03. The highest BCUT2D eigenvalue weighted by atomic mass is 32.1. The molecule has 3 aromatic rings. The predicted octanol–water partition coefficient (Wildman–Crippen LogP) is 3.24. The third-order valence-corrected chi connectivity index (χ3v) is 3.27. The lowest BCUT2D eigenvalue weighted by Crippen LogP contribution is -2.03. The summed E-state index contributed by atoms with van der Waals surface area (Å²) in [4.78, 5) is 5.50. The topological polar surface area (TPSA) is 54.5 Å². The van der Waals surface area contributed by atoms with Gasteiger partial charge in [-0.2, -0.15) is 13.2 Å². The summed E-state index contributed by atoms with van der Waals surface area (Å²) in [5.74, 6) is -0.634. The van der Waals surface area contributed by atoms with Gasteiger partial charge in [0.1, 0.15) is 17.2 Å². The number of halogens is 4. The van der Waals surface area contributed by atoms with E-state index in [4.69, 9.17) is 0 Å². The summed E-state index contributed by atoms with van der Waals surface area (Å²) >= 11 is 0.253. The summed E-state index contributed by atoms with van der Waals surface area (Å²) in [7, 11) is 0. The zero-order valence-electron chi connectivity index (χ0n) is 8.99. The molecule has 0 aliphatic rings. The lowest BCUT2D eigenvalue weighted by atomic mass is 10.1.